The Morgan fingerprint density at radius 1 is 1.31 bits per heavy atom. The largest absolute Gasteiger partial charge is 0.311 e. The molecule has 1 aromatic rings. The second-order valence-corrected chi connectivity index (χ2v) is 4.89. The highest BCUT2D eigenvalue weighted by molar-refractivity contribution is 5.21. The van der Waals surface area contributed by atoms with Crippen LogP contribution in [0.3, 0.4) is 0 Å². The van der Waals surface area contributed by atoms with Gasteiger partial charge in [-0.1, -0.05) is 29.8 Å². The molecule has 1 aliphatic rings. The van der Waals surface area contributed by atoms with Crippen molar-refractivity contribution in [2.75, 3.05) is 20.1 Å². The summed E-state index contributed by atoms with van der Waals surface area (Å²) in [5.74, 6) is 0. The van der Waals surface area contributed by atoms with E-state index in [-0.39, 0.29) is 0 Å². The summed E-state index contributed by atoms with van der Waals surface area (Å²) in [6, 6.07) is 9.52. The van der Waals surface area contributed by atoms with Crippen molar-refractivity contribution in [3.05, 3.63) is 35.4 Å². The minimum absolute atomic E-state index is 0.741. The lowest BCUT2D eigenvalue weighted by Gasteiger charge is -2.19. The van der Waals surface area contributed by atoms with Crippen molar-refractivity contribution >= 4 is 0 Å². The molecule has 1 atom stereocenters. The van der Waals surface area contributed by atoms with E-state index in [9.17, 15) is 0 Å². The Hall–Kier alpha value is -0.860. The fourth-order valence-corrected chi connectivity index (χ4v) is 2.33. The highest BCUT2D eigenvalue weighted by Gasteiger charge is 2.19. The predicted octanol–water partition coefficient (Wildman–Crippen LogP) is 2.18. The number of nitrogens with one attached hydrogen (secondary N) is 1. The molecule has 0 bridgehead atoms. The first kappa shape index (κ1) is 11.6. The van der Waals surface area contributed by atoms with Crippen LogP contribution in [0, 0.1) is 6.92 Å². The van der Waals surface area contributed by atoms with Crippen LogP contribution in [-0.4, -0.2) is 31.1 Å². The van der Waals surface area contributed by atoms with Gasteiger partial charge in [0.1, 0.15) is 0 Å². The molecule has 1 heterocycles. The number of likely N-dealkylation sites (tertiary alicyclic amines) is 1. The van der Waals surface area contributed by atoms with E-state index in [4.69, 9.17) is 0 Å². The smallest absolute Gasteiger partial charge is 0.0218 e. The van der Waals surface area contributed by atoms with Crippen molar-refractivity contribution in [3.63, 3.8) is 0 Å². The number of rotatable bonds is 4. The van der Waals surface area contributed by atoms with Crippen molar-refractivity contribution < 1.29 is 0 Å². The fourth-order valence-electron chi connectivity index (χ4n) is 2.33. The first-order valence-electron chi connectivity index (χ1n) is 6.22. The van der Waals surface area contributed by atoms with E-state index in [1.807, 2.05) is 0 Å². The molecule has 2 heteroatoms. The van der Waals surface area contributed by atoms with Crippen LogP contribution in [0.25, 0.3) is 0 Å². The number of nitrogens with zero attached hydrogens (tertiary/aromatic N) is 1. The number of hydrogen-bond acceptors (Lipinski definition) is 2. The van der Waals surface area contributed by atoms with E-state index >= 15 is 0 Å². The Morgan fingerprint density at radius 2 is 2.06 bits per heavy atom. The summed E-state index contributed by atoms with van der Waals surface area (Å²) in [4.78, 5) is 2.46. The van der Waals surface area contributed by atoms with Crippen molar-refractivity contribution in [1.29, 1.82) is 0 Å². The van der Waals surface area contributed by atoms with Gasteiger partial charge in [0.2, 0.25) is 0 Å². The first-order chi connectivity index (χ1) is 7.75. The number of aryl methyl sites for hydroxylation is 1. The number of likely N-dealkylation sites (N-methyl/N-ethyl adjacent to an activating group) is 1. The molecule has 0 spiro atoms. The molecular weight excluding hydrogens is 196 g/mol. The minimum Gasteiger partial charge on any atom is -0.311 e. The quantitative estimate of drug-likeness (QED) is 0.833. The van der Waals surface area contributed by atoms with Crippen molar-refractivity contribution in [3.8, 4) is 0 Å². The van der Waals surface area contributed by atoms with Gasteiger partial charge in [-0.3, -0.25) is 0 Å². The maximum atomic E-state index is 3.55. The normalized spacial score (nSPS) is 21.5. The van der Waals surface area contributed by atoms with Crippen LogP contribution in [0.2, 0.25) is 0 Å². The summed E-state index contributed by atoms with van der Waals surface area (Å²) >= 11 is 0. The summed E-state index contributed by atoms with van der Waals surface area (Å²) in [6.45, 7) is 5.50. The van der Waals surface area contributed by atoms with Gasteiger partial charge >= 0.3 is 0 Å². The van der Waals surface area contributed by atoms with Crippen molar-refractivity contribution in [2.45, 2.75) is 32.4 Å². The van der Waals surface area contributed by atoms with Crippen LogP contribution in [0.15, 0.2) is 24.3 Å². The Bertz CT molecular complexity index is 318. The highest BCUT2D eigenvalue weighted by Crippen LogP contribution is 2.13. The molecule has 2 rings (SSSR count). The summed E-state index contributed by atoms with van der Waals surface area (Å²) < 4.78 is 0. The van der Waals surface area contributed by atoms with Crippen molar-refractivity contribution in [2.24, 2.45) is 0 Å². The zero-order valence-electron chi connectivity index (χ0n) is 10.4. The highest BCUT2D eigenvalue weighted by atomic mass is 15.2. The first-order valence-corrected chi connectivity index (χ1v) is 6.22. The Labute approximate surface area is 98.7 Å². The van der Waals surface area contributed by atoms with Crippen LogP contribution < -0.4 is 5.32 Å². The number of hydrogen-bond donors (Lipinski definition) is 1. The molecule has 1 fully saturated rings. The lowest BCUT2D eigenvalue weighted by atomic mass is 10.1. The van der Waals surface area contributed by atoms with Crippen LogP contribution in [0.5, 0.6) is 0 Å². The Kier molecular flexibility index (Phi) is 3.97. The van der Waals surface area contributed by atoms with Gasteiger partial charge in [0, 0.05) is 19.1 Å². The molecule has 0 aliphatic carbocycles. The third-order valence-electron chi connectivity index (χ3n) is 3.50. The molecule has 1 aromatic carbocycles. The zero-order valence-corrected chi connectivity index (χ0v) is 10.4. The van der Waals surface area contributed by atoms with Crippen LogP contribution >= 0.6 is 0 Å². The second-order valence-electron chi connectivity index (χ2n) is 4.89. The lowest BCUT2D eigenvalue weighted by Crippen LogP contribution is -2.35. The van der Waals surface area contributed by atoms with Crippen LogP contribution in [0.1, 0.15) is 24.0 Å². The van der Waals surface area contributed by atoms with Gasteiger partial charge in [0.15, 0.2) is 0 Å². The Morgan fingerprint density at radius 3 is 2.69 bits per heavy atom. The van der Waals surface area contributed by atoms with E-state index in [2.05, 4.69) is 48.5 Å². The third-order valence-corrected chi connectivity index (χ3v) is 3.50. The molecule has 88 valence electrons. The van der Waals surface area contributed by atoms with E-state index in [1.54, 1.807) is 0 Å². The van der Waals surface area contributed by atoms with E-state index in [1.165, 1.54) is 30.5 Å². The molecule has 1 saturated heterocycles. The van der Waals surface area contributed by atoms with Gasteiger partial charge in [-0.25, -0.2) is 0 Å². The topological polar surface area (TPSA) is 15.3 Å². The maximum absolute atomic E-state index is 3.55. The summed E-state index contributed by atoms with van der Waals surface area (Å²) in [5, 5.41) is 3.55. The lowest BCUT2D eigenvalue weighted by molar-refractivity contribution is 0.300. The molecule has 1 N–H and O–H groups in total. The molecule has 1 aliphatic heterocycles. The van der Waals surface area contributed by atoms with Gasteiger partial charge < -0.3 is 10.2 Å². The Balaban J connectivity index is 1.73. The van der Waals surface area contributed by atoms with Gasteiger partial charge in [-0.05, 0) is 38.9 Å². The van der Waals surface area contributed by atoms with Gasteiger partial charge in [0.05, 0.1) is 0 Å². The standard InChI is InChI=1S/C14H22N2/c1-12-5-7-13(8-6-12)10-15-11-14-4-3-9-16(14)2/h5-8,14-15H,3-4,9-11H2,1-2H3. The van der Waals surface area contributed by atoms with E-state index in [0.29, 0.717) is 0 Å². The van der Waals surface area contributed by atoms with Gasteiger partial charge in [0.25, 0.3) is 0 Å². The molecule has 0 saturated carbocycles. The maximum Gasteiger partial charge on any atom is 0.0218 e. The molecule has 0 amide bonds. The molecule has 16 heavy (non-hydrogen) atoms. The molecule has 2 nitrogen and oxygen atoms in total. The summed E-state index contributed by atoms with van der Waals surface area (Å²) in [5.41, 5.74) is 2.71. The molecule has 1 unspecified atom stereocenters. The van der Waals surface area contributed by atoms with Gasteiger partial charge in [-0.15, -0.1) is 0 Å². The van der Waals surface area contributed by atoms with Crippen LogP contribution in [-0.2, 0) is 6.54 Å². The average molecular weight is 218 g/mol. The van der Waals surface area contributed by atoms with Crippen LogP contribution in [0.4, 0.5) is 0 Å². The molecule has 0 aromatic heterocycles. The predicted molar refractivity (Wildman–Crippen MR) is 68.5 cm³/mol. The third kappa shape index (κ3) is 3.06. The SMILES string of the molecule is Cc1ccc(CNCC2CCCN2C)cc1. The summed E-state index contributed by atoms with van der Waals surface area (Å²) in [7, 11) is 2.23. The van der Waals surface area contributed by atoms with E-state index in [0.717, 1.165) is 19.1 Å². The van der Waals surface area contributed by atoms with Crippen molar-refractivity contribution in [1.82, 2.24) is 10.2 Å². The average Bonchev–Trinajstić information content (AvgIpc) is 2.68. The number of benzene rings is 1. The van der Waals surface area contributed by atoms with Gasteiger partial charge in [-0.2, -0.15) is 0 Å². The second kappa shape index (κ2) is 5.46. The fraction of sp³-hybridized carbons (Fsp3) is 0.571. The summed E-state index contributed by atoms with van der Waals surface area (Å²) in [6.07, 6.45) is 2.70. The molecular formula is C14H22N2. The van der Waals surface area contributed by atoms with E-state index < -0.39 is 0 Å². The monoisotopic (exact) mass is 218 g/mol. The zero-order chi connectivity index (χ0) is 11.4. The molecule has 0 radical (unpaired) electrons. The minimum atomic E-state index is 0.741.